The van der Waals surface area contributed by atoms with Gasteiger partial charge in [-0.05, 0) is 33.1 Å². The molecule has 0 aromatic carbocycles. The fourth-order valence-electron chi connectivity index (χ4n) is 2.54. The van der Waals surface area contributed by atoms with Crippen LogP contribution in [0, 0.1) is 0 Å². The molecule has 1 aliphatic carbocycles. The number of fused-ring (bicyclic) bond motifs is 1. The summed E-state index contributed by atoms with van der Waals surface area (Å²) in [6.07, 6.45) is 6.55. The van der Waals surface area contributed by atoms with E-state index < -0.39 is 0 Å². The van der Waals surface area contributed by atoms with Crippen LogP contribution in [-0.4, -0.2) is 19.5 Å². The molecule has 2 aromatic heterocycles. The summed E-state index contributed by atoms with van der Waals surface area (Å²) < 4.78 is 2.14. The number of rotatable bonds is 4. The summed E-state index contributed by atoms with van der Waals surface area (Å²) in [6.45, 7) is 4.26. The van der Waals surface area contributed by atoms with Crippen molar-refractivity contribution in [1.82, 2.24) is 19.5 Å². The number of H-pyrrole nitrogens is 1. The molecule has 0 spiro atoms. The highest BCUT2D eigenvalue weighted by atomic mass is 32.2. The number of aromatic amines is 1. The van der Waals surface area contributed by atoms with Gasteiger partial charge in [0.05, 0.1) is 12.0 Å². The number of thioether (sulfide) groups is 1. The Labute approximate surface area is 121 Å². The van der Waals surface area contributed by atoms with Gasteiger partial charge in [0.1, 0.15) is 0 Å². The van der Waals surface area contributed by atoms with Crippen LogP contribution in [0.4, 0.5) is 0 Å². The number of aromatic nitrogens is 4. The summed E-state index contributed by atoms with van der Waals surface area (Å²) in [5, 5.41) is 0.715. The first-order chi connectivity index (χ1) is 9.65. The van der Waals surface area contributed by atoms with E-state index in [9.17, 15) is 4.79 Å². The Balaban J connectivity index is 1.77. The highest BCUT2D eigenvalue weighted by Gasteiger charge is 2.17. The summed E-state index contributed by atoms with van der Waals surface area (Å²) in [5.74, 6) is 0.764. The van der Waals surface area contributed by atoms with Crippen molar-refractivity contribution in [3.63, 3.8) is 0 Å². The van der Waals surface area contributed by atoms with Crippen LogP contribution in [0.5, 0.6) is 0 Å². The average molecular weight is 290 g/mol. The number of nitrogens with one attached hydrogen (secondary N) is 1. The van der Waals surface area contributed by atoms with Gasteiger partial charge in [-0.2, -0.15) is 0 Å². The zero-order valence-corrected chi connectivity index (χ0v) is 12.5. The van der Waals surface area contributed by atoms with Crippen LogP contribution in [0.2, 0.25) is 0 Å². The lowest BCUT2D eigenvalue weighted by molar-refractivity contribution is 0.583. The standard InChI is InChI=1S/C14H18N4OS/c1-9(2)18-8-15-6-10(18)7-20-14-16-12-5-3-4-11(12)13(19)17-14/h6,8-9H,3-5,7H2,1-2H3,(H,16,17,19). The van der Waals surface area contributed by atoms with E-state index in [0.29, 0.717) is 11.2 Å². The molecule has 5 nitrogen and oxygen atoms in total. The fraction of sp³-hybridized carbons (Fsp3) is 0.500. The monoisotopic (exact) mass is 290 g/mol. The van der Waals surface area contributed by atoms with Gasteiger partial charge in [0.2, 0.25) is 0 Å². The predicted octanol–water partition coefficient (Wildman–Crippen LogP) is 2.33. The molecule has 0 fully saturated rings. The quantitative estimate of drug-likeness (QED) is 0.693. The highest BCUT2D eigenvalue weighted by molar-refractivity contribution is 7.98. The van der Waals surface area contributed by atoms with Crippen molar-refractivity contribution < 1.29 is 0 Å². The third kappa shape index (κ3) is 2.52. The van der Waals surface area contributed by atoms with Crippen molar-refractivity contribution in [3.05, 3.63) is 39.8 Å². The predicted molar refractivity (Wildman–Crippen MR) is 79.1 cm³/mol. The van der Waals surface area contributed by atoms with E-state index in [2.05, 4.69) is 33.4 Å². The van der Waals surface area contributed by atoms with Crippen LogP contribution >= 0.6 is 11.8 Å². The molecule has 106 valence electrons. The van der Waals surface area contributed by atoms with Gasteiger partial charge in [0, 0.05) is 29.2 Å². The summed E-state index contributed by atoms with van der Waals surface area (Å²) >= 11 is 1.56. The van der Waals surface area contributed by atoms with E-state index in [1.54, 1.807) is 11.8 Å². The van der Waals surface area contributed by atoms with E-state index in [4.69, 9.17) is 0 Å². The molecule has 0 radical (unpaired) electrons. The molecule has 0 amide bonds. The minimum atomic E-state index is 0.0346. The summed E-state index contributed by atoms with van der Waals surface area (Å²) in [6, 6.07) is 0.389. The molecular weight excluding hydrogens is 272 g/mol. The zero-order valence-electron chi connectivity index (χ0n) is 11.7. The SMILES string of the molecule is CC(C)n1cncc1CSc1nc2c(c(=O)[nH]1)CCC2. The summed E-state index contributed by atoms with van der Waals surface area (Å²) in [4.78, 5) is 23.6. The molecule has 0 saturated heterocycles. The molecule has 3 rings (SSSR count). The maximum absolute atomic E-state index is 11.9. The van der Waals surface area contributed by atoms with Gasteiger partial charge in [-0.15, -0.1) is 0 Å². The second kappa shape index (κ2) is 5.44. The Morgan fingerprint density at radius 3 is 3.10 bits per heavy atom. The Kier molecular flexibility index (Phi) is 3.65. The topological polar surface area (TPSA) is 63.6 Å². The smallest absolute Gasteiger partial charge is 0.254 e. The molecule has 2 aromatic rings. The van der Waals surface area contributed by atoms with Crippen LogP contribution in [0.3, 0.4) is 0 Å². The van der Waals surface area contributed by atoms with Gasteiger partial charge in [-0.3, -0.25) is 4.79 Å². The van der Waals surface area contributed by atoms with Crippen LogP contribution in [0.15, 0.2) is 22.5 Å². The molecule has 0 unspecified atom stereocenters. The third-order valence-corrected chi connectivity index (χ3v) is 4.49. The lowest BCUT2D eigenvalue weighted by Gasteiger charge is -2.11. The average Bonchev–Trinajstić information content (AvgIpc) is 3.04. The first-order valence-electron chi connectivity index (χ1n) is 6.90. The lowest BCUT2D eigenvalue weighted by atomic mass is 10.3. The second-order valence-corrected chi connectivity index (χ2v) is 6.29. The molecule has 20 heavy (non-hydrogen) atoms. The number of hydrogen-bond donors (Lipinski definition) is 1. The first kappa shape index (κ1) is 13.4. The van der Waals surface area contributed by atoms with E-state index in [-0.39, 0.29) is 5.56 Å². The first-order valence-corrected chi connectivity index (χ1v) is 7.89. The Morgan fingerprint density at radius 2 is 2.30 bits per heavy atom. The number of hydrogen-bond acceptors (Lipinski definition) is 4. The van der Waals surface area contributed by atoms with Gasteiger partial charge in [-0.1, -0.05) is 11.8 Å². The van der Waals surface area contributed by atoms with Crippen LogP contribution in [0.1, 0.15) is 43.3 Å². The van der Waals surface area contributed by atoms with Gasteiger partial charge in [0.15, 0.2) is 5.16 Å². The highest BCUT2D eigenvalue weighted by Crippen LogP contribution is 2.23. The maximum atomic E-state index is 11.9. The van der Waals surface area contributed by atoms with Gasteiger partial charge < -0.3 is 9.55 Å². The van der Waals surface area contributed by atoms with Crippen LogP contribution in [0.25, 0.3) is 0 Å². The van der Waals surface area contributed by atoms with Crippen molar-refractivity contribution in [2.45, 2.75) is 50.1 Å². The molecule has 6 heteroatoms. The van der Waals surface area contributed by atoms with Crippen LogP contribution in [-0.2, 0) is 18.6 Å². The Hall–Kier alpha value is -1.56. The Morgan fingerprint density at radius 1 is 1.45 bits per heavy atom. The normalized spacial score (nSPS) is 13.9. The summed E-state index contributed by atoms with van der Waals surface area (Å²) in [5.41, 5.74) is 3.04. The molecule has 1 aliphatic rings. The van der Waals surface area contributed by atoms with Crippen molar-refractivity contribution in [3.8, 4) is 0 Å². The van der Waals surface area contributed by atoms with E-state index in [1.807, 2.05) is 12.5 Å². The molecule has 0 bridgehead atoms. The second-order valence-electron chi connectivity index (χ2n) is 5.32. The van der Waals surface area contributed by atoms with Gasteiger partial charge >= 0.3 is 0 Å². The largest absolute Gasteiger partial charge is 0.331 e. The number of aryl methyl sites for hydroxylation is 1. The van der Waals surface area contributed by atoms with Crippen molar-refractivity contribution in [2.24, 2.45) is 0 Å². The maximum Gasteiger partial charge on any atom is 0.254 e. The van der Waals surface area contributed by atoms with E-state index in [0.717, 1.165) is 42.0 Å². The number of nitrogens with zero attached hydrogens (tertiary/aromatic N) is 3. The summed E-state index contributed by atoms with van der Waals surface area (Å²) in [7, 11) is 0. The lowest BCUT2D eigenvalue weighted by Crippen LogP contribution is -2.15. The van der Waals surface area contributed by atoms with E-state index >= 15 is 0 Å². The third-order valence-electron chi connectivity index (χ3n) is 3.58. The fourth-order valence-corrected chi connectivity index (χ4v) is 3.39. The molecular formula is C14H18N4OS. The molecule has 0 aliphatic heterocycles. The molecule has 1 N–H and O–H groups in total. The minimum absolute atomic E-state index is 0.0346. The van der Waals surface area contributed by atoms with Gasteiger partial charge in [-0.25, -0.2) is 9.97 Å². The minimum Gasteiger partial charge on any atom is -0.331 e. The molecule has 2 heterocycles. The van der Waals surface area contributed by atoms with Crippen molar-refractivity contribution in [2.75, 3.05) is 0 Å². The molecule has 0 atom stereocenters. The van der Waals surface area contributed by atoms with Crippen molar-refractivity contribution in [1.29, 1.82) is 0 Å². The van der Waals surface area contributed by atoms with Crippen molar-refractivity contribution >= 4 is 11.8 Å². The van der Waals surface area contributed by atoms with Crippen LogP contribution < -0.4 is 5.56 Å². The molecule has 0 saturated carbocycles. The van der Waals surface area contributed by atoms with E-state index in [1.165, 1.54) is 0 Å². The Bertz CT molecular complexity index is 674. The zero-order chi connectivity index (χ0) is 14.1. The van der Waals surface area contributed by atoms with Gasteiger partial charge in [0.25, 0.3) is 5.56 Å². The number of imidazole rings is 1.